The molecule has 0 aliphatic rings. The van der Waals surface area contributed by atoms with Crippen molar-refractivity contribution in [3.8, 4) is 0 Å². The normalized spacial score (nSPS) is 11.6. The Labute approximate surface area is 141 Å². The fraction of sp³-hybridized carbons (Fsp3) is 0.333. The van der Waals surface area contributed by atoms with Crippen molar-refractivity contribution in [1.82, 2.24) is 5.43 Å². The molecular weight excluding hydrogens is 340 g/mol. The number of aryl methyl sites for hydroxylation is 1. The average Bonchev–Trinajstić information content (AvgIpc) is 2.46. The second kappa shape index (κ2) is 9.36. The number of hydrazone groups is 1. The van der Waals surface area contributed by atoms with Crippen molar-refractivity contribution in [1.29, 1.82) is 0 Å². The van der Waals surface area contributed by atoms with Crippen LogP contribution in [0.25, 0.3) is 0 Å². The van der Waals surface area contributed by atoms with E-state index in [-0.39, 0.29) is 5.91 Å². The van der Waals surface area contributed by atoms with Crippen LogP contribution in [0.15, 0.2) is 51.1 Å². The summed E-state index contributed by atoms with van der Waals surface area (Å²) in [4.78, 5) is 11.9. The number of rotatable bonds is 6. The van der Waals surface area contributed by atoms with Crippen LogP contribution in [0.4, 0.5) is 0 Å². The van der Waals surface area contributed by atoms with Crippen LogP contribution in [0, 0.1) is 6.92 Å². The third-order valence-corrected chi connectivity index (χ3v) is 3.98. The van der Waals surface area contributed by atoms with E-state index in [1.54, 1.807) is 18.3 Å². The van der Waals surface area contributed by atoms with Crippen molar-refractivity contribution in [2.75, 3.05) is 0 Å². The molecule has 0 spiro atoms. The first kappa shape index (κ1) is 18.4. The monoisotopic (exact) mass is 362 g/mol. The number of halogens is 1. The summed E-state index contributed by atoms with van der Waals surface area (Å²) in [6, 6.07) is 5.47. The third kappa shape index (κ3) is 6.85. The summed E-state index contributed by atoms with van der Waals surface area (Å²) in [5.74, 6) is -0.215. The van der Waals surface area contributed by atoms with Gasteiger partial charge in [-0.05, 0) is 64.3 Å². The number of carbonyl (C=O) groups excluding carboxylic acids is 1. The predicted molar refractivity (Wildman–Crippen MR) is 97.3 cm³/mol. The molecule has 0 aromatic heterocycles. The highest BCUT2D eigenvalue weighted by molar-refractivity contribution is 9.10. The van der Waals surface area contributed by atoms with Crippen molar-refractivity contribution >= 4 is 28.1 Å². The van der Waals surface area contributed by atoms with Crippen LogP contribution in [0.1, 0.15) is 49.5 Å². The van der Waals surface area contributed by atoms with Gasteiger partial charge in [0.1, 0.15) is 0 Å². The fourth-order valence-corrected chi connectivity index (χ4v) is 2.11. The maximum absolute atomic E-state index is 11.9. The van der Waals surface area contributed by atoms with Gasteiger partial charge in [-0.3, -0.25) is 4.79 Å². The van der Waals surface area contributed by atoms with Gasteiger partial charge in [0.2, 0.25) is 0 Å². The van der Waals surface area contributed by atoms with E-state index in [2.05, 4.69) is 53.3 Å². The van der Waals surface area contributed by atoms with Gasteiger partial charge in [-0.15, -0.1) is 0 Å². The van der Waals surface area contributed by atoms with Gasteiger partial charge in [0.05, 0.1) is 0 Å². The first-order valence-corrected chi connectivity index (χ1v) is 8.08. The highest BCUT2D eigenvalue weighted by Crippen LogP contribution is 2.17. The van der Waals surface area contributed by atoms with E-state index in [9.17, 15) is 4.79 Å². The minimum atomic E-state index is -0.215. The molecule has 0 atom stereocenters. The van der Waals surface area contributed by atoms with Gasteiger partial charge in [-0.1, -0.05) is 39.2 Å². The summed E-state index contributed by atoms with van der Waals surface area (Å²) < 4.78 is 0.916. The van der Waals surface area contributed by atoms with Crippen molar-refractivity contribution < 1.29 is 4.79 Å². The Morgan fingerprint density at radius 2 is 2.05 bits per heavy atom. The quantitative estimate of drug-likeness (QED) is 0.423. The molecule has 0 aliphatic heterocycles. The standard InChI is InChI=1S/C18H23BrN2O/c1-13(2)6-5-7-14(3)10-11-20-21-18(22)16-9-8-15(4)17(19)12-16/h6,8-12H,5,7H2,1-4H3,(H,21,22)/b14-10-,20-11?. The molecule has 118 valence electrons. The first-order chi connectivity index (χ1) is 10.4. The van der Waals surface area contributed by atoms with Crippen LogP contribution in [-0.4, -0.2) is 12.1 Å². The zero-order chi connectivity index (χ0) is 16.5. The smallest absolute Gasteiger partial charge is 0.267 e. The molecule has 4 heteroatoms. The maximum atomic E-state index is 11.9. The van der Waals surface area contributed by atoms with Crippen LogP contribution in [0.3, 0.4) is 0 Å². The SMILES string of the molecule is CC(C)=CCC/C(C)=C\C=NNC(=O)c1ccc(C)c(Br)c1. The second-order valence-corrected chi connectivity index (χ2v) is 6.37. The molecular formula is C18H23BrN2O. The molecule has 0 fully saturated rings. The minimum Gasteiger partial charge on any atom is -0.267 e. The van der Waals surface area contributed by atoms with E-state index >= 15 is 0 Å². The zero-order valence-corrected chi connectivity index (χ0v) is 15.2. The lowest BCUT2D eigenvalue weighted by Gasteiger charge is -2.02. The van der Waals surface area contributed by atoms with E-state index in [0.717, 1.165) is 22.9 Å². The molecule has 1 aromatic rings. The van der Waals surface area contributed by atoms with Gasteiger partial charge in [-0.2, -0.15) is 5.10 Å². The molecule has 1 aromatic carbocycles. The summed E-state index contributed by atoms with van der Waals surface area (Å²) >= 11 is 3.42. The molecule has 0 saturated carbocycles. The van der Waals surface area contributed by atoms with E-state index in [1.165, 1.54) is 11.1 Å². The van der Waals surface area contributed by atoms with Crippen LogP contribution >= 0.6 is 15.9 Å². The van der Waals surface area contributed by atoms with Gasteiger partial charge in [-0.25, -0.2) is 5.43 Å². The molecule has 22 heavy (non-hydrogen) atoms. The van der Waals surface area contributed by atoms with E-state index in [4.69, 9.17) is 0 Å². The Morgan fingerprint density at radius 1 is 1.32 bits per heavy atom. The zero-order valence-electron chi connectivity index (χ0n) is 13.6. The summed E-state index contributed by atoms with van der Waals surface area (Å²) in [6.07, 6.45) is 7.78. The van der Waals surface area contributed by atoms with Gasteiger partial charge >= 0.3 is 0 Å². The van der Waals surface area contributed by atoms with Gasteiger partial charge in [0, 0.05) is 16.3 Å². The van der Waals surface area contributed by atoms with Crippen molar-refractivity contribution in [3.63, 3.8) is 0 Å². The van der Waals surface area contributed by atoms with Crippen LogP contribution < -0.4 is 5.43 Å². The van der Waals surface area contributed by atoms with Gasteiger partial charge in [0.15, 0.2) is 0 Å². The van der Waals surface area contributed by atoms with Crippen molar-refractivity contribution in [3.05, 3.63) is 57.1 Å². The average molecular weight is 363 g/mol. The van der Waals surface area contributed by atoms with Gasteiger partial charge < -0.3 is 0 Å². The van der Waals surface area contributed by atoms with E-state index in [1.807, 2.05) is 19.1 Å². The molecule has 1 amide bonds. The summed E-state index contributed by atoms with van der Waals surface area (Å²) in [5.41, 5.74) is 6.76. The molecule has 0 aliphatic carbocycles. The molecule has 1 N–H and O–H groups in total. The highest BCUT2D eigenvalue weighted by atomic mass is 79.9. The maximum Gasteiger partial charge on any atom is 0.271 e. The van der Waals surface area contributed by atoms with E-state index in [0.29, 0.717) is 5.56 Å². The molecule has 1 rings (SSSR count). The Kier molecular flexibility index (Phi) is 7.82. The molecule has 3 nitrogen and oxygen atoms in total. The van der Waals surface area contributed by atoms with Gasteiger partial charge in [0.25, 0.3) is 5.91 Å². The molecule has 0 saturated heterocycles. The molecule has 0 bridgehead atoms. The molecule has 0 radical (unpaired) electrons. The third-order valence-electron chi connectivity index (χ3n) is 3.12. The lowest BCUT2D eigenvalue weighted by atomic mass is 10.1. The lowest BCUT2D eigenvalue weighted by Crippen LogP contribution is -2.17. The number of benzene rings is 1. The molecule has 0 unspecified atom stereocenters. The second-order valence-electron chi connectivity index (χ2n) is 5.52. The van der Waals surface area contributed by atoms with Crippen molar-refractivity contribution in [2.24, 2.45) is 5.10 Å². The number of amides is 1. The minimum absolute atomic E-state index is 0.215. The first-order valence-electron chi connectivity index (χ1n) is 7.29. The summed E-state index contributed by atoms with van der Waals surface area (Å²) in [5, 5.41) is 3.95. The summed E-state index contributed by atoms with van der Waals surface area (Å²) in [6.45, 7) is 8.23. The summed E-state index contributed by atoms with van der Waals surface area (Å²) in [7, 11) is 0. The highest BCUT2D eigenvalue weighted by Gasteiger charge is 2.05. The Balaban J connectivity index is 2.49. The number of carbonyl (C=O) groups is 1. The Bertz CT molecular complexity index is 612. The number of hydrogen-bond donors (Lipinski definition) is 1. The number of allylic oxidation sites excluding steroid dienone is 4. The molecule has 0 heterocycles. The van der Waals surface area contributed by atoms with Crippen LogP contribution in [-0.2, 0) is 0 Å². The number of hydrogen-bond acceptors (Lipinski definition) is 2. The fourth-order valence-electron chi connectivity index (χ4n) is 1.73. The Morgan fingerprint density at radius 3 is 2.68 bits per heavy atom. The van der Waals surface area contributed by atoms with Crippen molar-refractivity contribution in [2.45, 2.75) is 40.5 Å². The van der Waals surface area contributed by atoms with Crippen LogP contribution in [0.2, 0.25) is 0 Å². The largest absolute Gasteiger partial charge is 0.271 e. The van der Waals surface area contributed by atoms with Crippen LogP contribution in [0.5, 0.6) is 0 Å². The van der Waals surface area contributed by atoms with E-state index < -0.39 is 0 Å². The lowest BCUT2D eigenvalue weighted by molar-refractivity contribution is 0.0955. The topological polar surface area (TPSA) is 41.5 Å². The predicted octanol–water partition coefficient (Wildman–Crippen LogP) is 5.17. The number of nitrogens with zero attached hydrogens (tertiary/aromatic N) is 1. The number of nitrogens with one attached hydrogen (secondary N) is 1. The Hall–Kier alpha value is -1.68.